The monoisotopic (exact) mass is 229 g/mol. The van der Waals surface area contributed by atoms with E-state index < -0.39 is 0 Å². The lowest BCUT2D eigenvalue weighted by Crippen LogP contribution is -2.23. The molecule has 4 heteroatoms. The van der Waals surface area contributed by atoms with Crippen molar-refractivity contribution in [2.45, 2.75) is 12.5 Å². The molecule has 0 aromatic carbocycles. The zero-order valence-corrected chi connectivity index (χ0v) is 9.67. The lowest BCUT2D eigenvalue weighted by molar-refractivity contribution is 0.0909. The molecule has 0 bridgehead atoms. The highest BCUT2D eigenvalue weighted by atomic mass is 16.5. The summed E-state index contributed by atoms with van der Waals surface area (Å²) >= 11 is 0. The maximum atomic E-state index is 8.81. The average Bonchev–Trinajstić information content (AvgIpc) is 2.85. The molecule has 1 saturated heterocycles. The van der Waals surface area contributed by atoms with E-state index in [0.29, 0.717) is 12.3 Å². The van der Waals surface area contributed by atoms with Gasteiger partial charge < -0.3 is 9.64 Å². The Labute approximate surface area is 101 Å². The number of pyridine rings is 1. The van der Waals surface area contributed by atoms with Crippen LogP contribution in [0.15, 0.2) is 30.9 Å². The van der Waals surface area contributed by atoms with Crippen molar-refractivity contribution in [2.24, 2.45) is 0 Å². The summed E-state index contributed by atoms with van der Waals surface area (Å²) in [5, 5.41) is 8.81. The molecule has 1 aliphatic rings. The van der Waals surface area contributed by atoms with Crippen molar-refractivity contribution in [3.63, 3.8) is 0 Å². The fourth-order valence-electron chi connectivity index (χ4n) is 1.94. The van der Waals surface area contributed by atoms with Crippen LogP contribution in [-0.4, -0.2) is 30.8 Å². The van der Waals surface area contributed by atoms with Gasteiger partial charge in [-0.25, -0.2) is 4.98 Å². The number of ether oxygens (including phenoxy) is 1. The Morgan fingerprint density at radius 1 is 1.65 bits per heavy atom. The molecule has 2 rings (SSSR count). The summed E-state index contributed by atoms with van der Waals surface area (Å²) in [4.78, 5) is 6.42. The number of aromatic nitrogens is 1. The van der Waals surface area contributed by atoms with Crippen molar-refractivity contribution < 1.29 is 4.74 Å². The first-order valence-corrected chi connectivity index (χ1v) is 5.68. The topological polar surface area (TPSA) is 49.1 Å². The maximum Gasteiger partial charge on any atom is 0.142 e. The first kappa shape index (κ1) is 11.6. The van der Waals surface area contributed by atoms with Gasteiger partial charge in [-0.2, -0.15) is 5.26 Å². The highest BCUT2D eigenvalue weighted by molar-refractivity contribution is 5.42. The predicted molar refractivity (Wildman–Crippen MR) is 65.7 cm³/mol. The van der Waals surface area contributed by atoms with E-state index in [4.69, 9.17) is 10.00 Å². The number of anilines is 1. The third-order valence-electron chi connectivity index (χ3n) is 2.77. The quantitative estimate of drug-likeness (QED) is 0.738. The lowest BCUT2D eigenvalue weighted by Gasteiger charge is -2.17. The van der Waals surface area contributed by atoms with E-state index in [1.54, 1.807) is 12.1 Å². The Kier molecular flexibility index (Phi) is 3.73. The molecule has 1 atom stereocenters. The molecule has 1 aromatic rings. The van der Waals surface area contributed by atoms with Crippen molar-refractivity contribution in [3.8, 4) is 6.07 Å². The van der Waals surface area contributed by atoms with E-state index >= 15 is 0 Å². The van der Waals surface area contributed by atoms with E-state index in [2.05, 4.69) is 22.5 Å². The molecular formula is C13H15N3O. The summed E-state index contributed by atoms with van der Waals surface area (Å²) in [6, 6.07) is 7.55. The summed E-state index contributed by atoms with van der Waals surface area (Å²) in [6.07, 6.45) is 2.99. The molecule has 1 aliphatic heterocycles. The van der Waals surface area contributed by atoms with Crippen molar-refractivity contribution >= 4 is 5.82 Å². The fourth-order valence-corrected chi connectivity index (χ4v) is 1.94. The third kappa shape index (κ3) is 2.83. The fraction of sp³-hybridized carbons (Fsp3) is 0.385. The zero-order chi connectivity index (χ0) is 12.1. The summed E-state index contributed by atoms with van der Waals surface area (Å²) < 4.78 is 5.61. The van der Waals surface area contributed by atoms with Gasteiger partial charge in [0, 0.05) is 13.1 Å². The van der Waals surface area contributed by atoms with Gasteiger partial charge in [0.2, 0.25) is 0 Å². The third-order valence-corrected chi connectivity index (χ3v) is 2.77. The first-order valence-electron chi connectivity index (χ1n) is 5.68. The Bertz CT molecular complexity index is 439. The highest BCUT2D eigenvalue weighted by Crippen LogP contribution is 2.19. The smallest absolute Gasteiger partial charge is 0.142 e. The van der Waals surface area contributed by atoms with Gasteiger partial charge >= 0.3 is 0 Å². The molecule has 0 amide bonds. The van der Waals surface area contributed by atoms with E-state index in [1.165, 1.54) is 0 Å². The van der Waals surface area contributed by atoms with Gasteiger partial charge in [0.1, 0.15) is 17.6 Å². The minimum absolute atomic E-state index is 0.237. The van der Waals surface area contributed by atoms with Crippen LogP contribution in [0.2, 0.25) is 0 Å². The van der Waals surface area contributed by atoms with Gasteiger partial charge in [-0.3, -0.25) is 0 Å². The largest absolute Gasteiger partial charge is 0.372 e. The molecule has 2 heterocycles. The van der Waals surface area contributed by atoms with Crippen LogP contribution < -0.4 is 4.90 Å². The molecule has 1 unspecified atom stereocenters. The predicted octanol–water partition coefficient (Wildman–Crippen LogP) is 1.73. The van der Waals surface area contributed by atoms with E-state index in [9.17, 15) is 0 Å². The number of rotatable bonds is 4. The molecule has 0 aliphatic carbocycles. The van der Waals surface area contributed by atoms with Crippen molar-refractivity contribution in [2.75, 3.05) is 24.6 Å². The minimum atomic E-state index is 0.237. The summed E-state index contributed by atoms with van der Waals surface area (Å²) in [5.74, 6) is 0.855. The normalized spacial score (nSPS) is 19.0. The standard InChI is InChI=1S/C13H15N3O/c1-2-8-17-12-6-7-16(10-12)13-5-3-4-11(9-14)15-13/h2-5,12H,1,6-8,10H2. The maximum absolute atomic E-state index is 8.81. The summed E-state index contributed by atoms with van der Waals surface area (Å²) in [7, 11) is 0. The minimum Gasteiger partial charge on any atom is -0.372 e. The van der Waals surface area contributed by atoms with Crippen LogP contribution in [0, 0.1) is 11.3 Å². The Morgan fingerprint density at radius 2 is 2.53 bits per heavy atom. The highest BCUT2D eigenvalue weighted by Gasteiger charge is 2.23. The van der Waals surface area contributed by atoms with Crippen molar-refractivity contribution in [3.05, 3.63) is 36.5 Å². The molecular weight excluding hydrogens is 214 g/mol. The number of hydrogen-bond donors (Lipinski definition) is 0. The van der Waals surface area contributed by atoms with Crippen LogP contribution >= 0.6 is 0 Å². The van der Waals surface area contributed by atoms with E-state index in [1.807, 2.05) is 12.1 Å². The van der Waals surface area contributed by atoms with Gasteiger partial charge in [0.05, 0.1) is 12.7 Å². The first-order chi connectivity index (χ1) is 8.33. The van der Waals surface area contributed by atoms with Gasteiger partial charge in [0.25, 0.3) is 0 Å². The molecule has 0 spiro atoms. The van der Waals surface area contributed by atoms with Crippen LogP contribution in [-0.2, 0) is 4.74 Å². The second-order valence-electron chi connectivity index (χ2n) is 3.97. The molecule has 0 saturated carbocycles. The molecule has 4 nitrogen and oxygen atoms in total. The van der Waals surface area contributed by atoms with Crippen molar-refractivity contribution in [1.29, 1.82) is 5.26 Å². The molecule has 17 heavy (non-hydrogen) atoms. The number of nitrogens with zero attached hydrogens (tertiary/aromatic N) is 3. The van der Waals surface area contributed by atoms with E-state index in [0.717, 1.165) is 25.3 Å². The van der Waals surface area contributed by atoms with Gasteiger partial charge in [-0.05, 0) is 18.6 Å². The second-order valence-corrected chi connectivity index (χ2v) is 3.97. The molecule has 1 fully saturated rings. The lowest BCUT2D eigenvalue weighted by atomic mass is 10.3. The number of nitriles is 1. The van der Waals surface area contributed by atoms with Crippen LogP contribution in [0.3, 0.4) is 0 Å². The molecule has 88 valence electrons. The van der Waals surface area contributed by atoms with Gasteiger partial charge in [0.15, 0.2) is 0 Å². The van der Waals surface area contributed by atoms with Gasteiger partial charge in [-0.1, -0.05) is 12.1 Å². The summed E-state index contributed by atoms with van der Waals surface area (Å²) in [6.45, 7) is 5.97. The van der Waals surface area contributed by atoms with Crippen LogP contribution in [0.4, 0.5) is 5.82 Å². The van der Waals surface area contributed by atoms with Gasteiger partial charge in [-0.15, -0.1) is 6.58 Å². The van der Waals surface area contributed by atoms with Crippen LogP contribution in [0.25, 0.3) is 0 Å². The van der Waals surface area contributed by atoms with Crippen molar-refractivity contribution in [1.82, 2.24) is 4.98 Å². The average molecular weight is 229 g/mol. The van der Waals surface area contributed by atoms with Crippen LogP contribution in [0.5, 0.6) is 0 Å². The van der Waals surface area contributed by atoms with Crippen LogP contribution in [0.1, 0.15) is 12.1 Å². The molecule has 1 aromatic heterocycles. The van der Waals surface area contributed by atoms with E-state index in [-0.39, 0.29) is 6.10 Å². The second kappa shape index (κ2) is 5.46. The molecule has 0 radical (unpaired) electrons. The Morgan fingerprint density at radius 3 is 3.29 bits per heavy atom. The zero-order valence-electron chi connectivity index (χ0n) is 9.67. The summed E-state index contributed by atoms with van der Waals surface area (Å²) in [5.41, 5.74) is 0.456. The number of hydrogen-bond acceptors (Lipinski definition) is 4. The Balaban J connectivity index is 2.00. The molecule has 0 N–H and O–H groups in total. The Hall–Kier alpha value is -1.86. The SMILES string of the molecule is C=CCOC1CCN(c2cccc(C#N)n2)C1.